The number of allylic oxidation sites excluding steroid dienone is 1. The van der Waals surface area contributed by atoms with Crippen LogP contribution in [0.3, 0.4) is 0 Å². The van der Waals surface area contributed by atoms with Gasteiger partial charge in [-0.2, -0.15) is 0 Å². The number of hydrogen-bond acceptors (Lipinski definition) is 2. The van der Waals surface area contributed by atoms with Crippen LogP contribution >= 0.6 is 0 Å². The fourth-order valence-electron chi connectivity index (χ4n) is 2.45. The van der Waals surface area contributed by atoms with Gasteiger partial charge in [-0.1, -0.05) is 24.5 Å². The summed E-state index contributed by atoms with van der Waals surface area (Å²) in [5, 5.41) is 1.60. The van der Waals surface area contributed by atoms with Crippen molar-refractivity contribution in [1.29, 1.82) is 0 Å². The van der Waals surface area contributed by atoms with E-state index in [1.165, 1.54) is 24.8 Å². The van der Waals surface area contributed by atoms with Crippen molar-refractivity contribution in [2.24, 2.45) is 0 Å². The summed E-state index contributed by atoms with van der Waals surface area (Å²) in [6.07, 6.45) is 9.60. The van der Waals surface area contributed by atoms with Crippen LogP contribution in [0.4, 0.5) is 0 Å². The fourth-order valence-corrected chi connectivity index (χ4v) is 2.45. The first-order valence-corrected chi connectivity index (χ1v) is 7.25. The monoisotopic (exact) mass is 253 g/mol. The molecule has 0 aliphatic carbocycles. The molecule has 1 aliphatic heterocycles. The normalized spacial score (nSPS) is 27.1. The van der Waals surface area contributed by atoms with E-state index >= 15 is 0 Å². The van der Waals surface area contributed by atoms with E-state index in [0.717, 1.165) is 19.3 Å². The molecule has 1 unspecified atom stereocenters. The lowest BCUT2D eigenvalue weighted by Gasteiger charge is -2.28. The van der Waals surface area contributed by atoms with E-state index in [9.17, 15) is 4.79 Å². The van der Waals surface area contributed by atoms with Crippen LogP contribution in [0.15, 0.2) is 11.6 Å². The third-order valence-corrected chi connectivity index (χ3v) is 3.37. The maximum absolute atomic E-state index is 12.1. The van der Waals surface area contributed by atoms with Crippen molar-refractivity contribution in [1.82, 2.24) is 5.06 Å². The van der Waals surface area contributed by atoms with Crippen LogP contribution in [0.2, 0.25) is 0 Å². The van der Waals surface area contributed by atoms with Gasteiger partial charge in [-0.15, -0.1) is 0 Å². The highest BCUT2D eigenvalue weighted by molar-refractivity contribution is 5.75. The van der Waals surface area contributed by atoms with Crippen LogP contribution in [0.25, 0.3) is 0 Å². The van der Waals surface area contributed by atoms with Crippen molar-refractivity contribution in [3.05, 3.63) is 11.6 Å². The second-order valence-corrected chi connectivity index (χ2v) is 5.19. The lowest BCUT2D eigenvalue weighted by molar-refractivity contribution is -0.196. The topological polar surface area (TPSA) is 29.5 Å². The predicted molar refractivity (Wildman–Crippen MR) is 74.0 cm³/mol. The second-order valence-electron chi connectivity index (χ2n) is 5.19. The fraction of sp³-hybridized carbons (Fsp3) is 0.800. The minimum absolute atomic E-state index is 0.133. The van der Waals surface area contributed by atoms with Gasteiger partial charge in [0.2, 0.25) is 5.91 Å². The number of amides is 1. The first-order chi connectivity index (χ1) is 8.65. The molecule has 3 heteroatoms. The molecule has 1 atom stereocenters. The number of nitrogens with zero attached hydrogens (tertiary/aromatic N) is 1. The SMILES string of the molecule is CCON1C(=O)CCCCCC/C=C(/C)CC1C. The molecule has 104 valence electrons. The number of rotatable bonds is 2. The second kappa shape index (κ2) is 8.30. The molecule has 0 spiro atoms. The Hall–Kier alpha value is -0.830. The summed E-state index contributed by atoms with van der Waals surface area (Å²) in [6, 6.07) is 0.133. The summed E-state index contributed by atoms with van der Waals surface area (Å²) in [6.45, 7) is 6.70. The molecule has 0 aromatic rings. The molecular weight excluding hydrogens is 226 g/mol. The Balaban J connectivity index is 2.71. The molecule has 18 heavy (non-hydrogen) atoms. The van der Waals surface area contributed by atoms with Gasteiger partial charge < -0.3 is 0 Å². The van der Waals surface area contributed by atoms with Crippen LogP contribution in [0.1, 0.15) is 65.7 Å². The molecular formula is C15H27NO2. The smallest absolute Gasteiger partial charge is 0.246 e. The molecule has 1 heterocycles. The van der Waals surface area contributed by atoms with Crippen molar-refractivity contribution >= 4 is 5.91 Å². The van der Waals surface area contributed by atoms with Gasteiger partial charge in [0.15, 0.2) is 0 Å². The Morgan fingerprint density at radius 2 is 2.06 bits per heavy atom. The third-order valence-electron chi connectivity index (χ3n) is 3.37. The van der Waals surface area contributed by atoms with Crippen LogP contribution in [0, 0.1) is 0 Å². The number of carbonyl (C=O) groups is 1. The molecule has 1 amide bonds. The quantitative estimate of drug-likeness (QED) is 0.700. The molecule has 0 N–H and O–H groups in total. The summed E-state index contributed by atoms with van der Waals surface area (Å²) in [5.74, 6) is 0.137. The van der Waals surface area contributed by atoms with Gasteiger partial charge in [-0.3, -0.25) is 9.63 Å². The Kier molecular flexibility index (Phi) is 7.02. The van der Waals surface area contributed by atoms with Gasteiger partial charge in [-0.25, -0.2) is 5.06 Å². The van der Waals surface area contributed by atoms with E-state index in [4.69, 9.17) is 4.84 Å². The molecule has 0 saturated heterocycles. The number of hydroxylamine groups is 2. The average Bonchev–Trinajstić information content (AvgIpc) is 2.33. The van der Waals surface area contributed by atoms with Crippen molar-refractivity contribution in [2.45, 2.75) is 71.8 Å². The van der Waals surface area contributed by atoms with Gasteiger partial charge in [0.25, 0.3) is 0 Å². The highest BCUT2D eigenvalue weighted by Crippen LogP contribution is 2.17. The maximum Gasteiger partial charge on any atom is 0.246 e. The van der Waals surface area contributed by atoms with Crippen molar-refractivity contribution in [2.75, 3.05) is 6.61 Å². The van der Waals surface area contributed by atoms with Crippen LogP contribution in [-0.4, -0.2) is 23.6 Å². The molecule has 0 aromatic carbocycles. The zero-order valence-electron chi connectivity index (χ0n) is 12.1. The summed E-state index contributed by atoms with van der Waals surface area (Å²) in [4.78, 5) is 17.6. The van der Waals surface area contributed by atoms with Crippen molar-refractivity contribution in [3.8, 4) is 0 Å². The Morgan fingerprint density at radius 3 is 2.78 bits per heavy atom. The Bertz CT molecular complexity index is 286. The lowest BCUT2D eigenvalue weighted by Crippen LogP contribution is -2.38. The summed E-state index contributed by atoms with van der Waals surface area (Å²) in [7, 11) is 0. The number of carbonyl (C=O) groups excluding carboxylic acids is 1. The van der Waals surface area contributed by atoms with E-state index in [-0.39, 0.29) is 11.9 Å². The highest BCUT2D eigenvalue weighted by atomic mass is 16.7. The molecule has 0 radical (unpaired) electrons. The van der Waals surface area contributed by atoms with E-state index in [0.29, 0.717) is 13.0 Å². The van der Waals surface area contributed by atoms with Gasteiger partial charge in [-0.05, 0) is 46.5 Å². The molecule has 3 nitrogen and oxygen atoms in total. The van der Waals surface area contributed by atoms with E-state index < -0.39 is 0 Å². The van der Waals surface area contributed by atoms with E-state index in [2.05, 4.69) is 19.9 Å². The highest BCUT2D eigenvalue weighted by Gasteiger charge is 2.20. The minimum Gasteiger partial charge on any atom is -0.273 e. The van der Waals surface area contributed by atoms with E-state index in [1.54, 1.807) is 5.06 Å². The lowest BCUT2D eigenvalue weighted by atomic mass is 10.0. The van der Waals surface area contributed by atoms with E-state index in [1.807, 2.05) is 6.92 Å². The standard InChI is InChI=1S/C15H27NO2/c1-4-18-16-14(3)12-13(2)10-8-6-5-7-9-11-15(16)17/h10,14H,4-9,11-12H2,1-3H3/b13-10-. The molecule has 0 fully saturated rings. The van der Waals surface area contributed by atoms with Gasteiger partial charge in [0.05, 0.1) is 12.6 Å². The molecule has 0 aromatic heterocycles. The summed E-state index contributed by atoms with van der Waals surface area (Å²) < 4.78 is 0. The number of hydrogen-bond donors (Lipinski definition) is 0. The Morgan fingerprint density at radius 1 is 1.33 bits per heavy atom. The van der Waals surface area contributed by atoms with Crippen molar-refractivity contribution < 1.29 is 9.63 Å². The summed E-state index contributed by atoms with van der Waals surface area (Å²) >= 11 is 0. The van der Waals surface area contributed by atoms with Crippen molar-refractivity contribution in [3.63, 3.8) is 0 Å². The largest absolute Gasteiger partial charge is 0.273 e. The van der Waals surface area contributed by atoms with Gasteiger partial charge >= 0.3 is 0 Å². The molecule has 1 rings (SSSR count). The molecule has 1 aliphatic rings. The zero-order valence-corrected chi connectivity index (χ0v) is 12.1. The van der Waals surface area contributed by atoms with Gasteiger partial charge in [0.1, 0.15) is 0 Å². The first-order valence-electron chi connectivity index (χ1n) is 7.25. The van der Waals surface area contributed by atoms with Crippen LogP contribution in [0.5, 0.6) is 0 Å². The first kappa shape index (κ1) is 15.2. The summed E-state index contributed by atoms with van der Waals surface area (Å²) in [5.41, 5.74) is 1.36. The van der Waals surface area contributed by atoms with Crippen LogP contribution in [-0.2, 0) is 9.63 Å². The molecule has 0 saturated carbocycles. The third kappa shape index (κ3) is 5.21. The minimum atomic E-state index is 0.133. The average molecular weight is 253 g/mol. The van der Waals surface area contributed by atoms with Crippen LogP contribution < -0.4 is 0 Å². The van der Waals surface area contributed by atoms with Gasteiger partial charge in [0, 0.05) is 6.42 Å². The Labute approximate surface area is 111 Å². The maximum atomic E-state index is 12.1. The predicted octanol–water partition coefficient (Wildman–Crippen LogP) is 3.85. The molecule has 0 bridgehead atoms. The zero-order chi connectivity index (χ0) is 13.4.